The number of H-pyrrole nitrogens is 1. The Bertz CT molecular complexity index is 412. The van der Waals surface area contributed by atoms with E-state index in [0.29, 0.717) is 16.5 Å². The molecule has 62 valence electrons. The van der Waals surface area contributed by atoms with Crippen LogP contribution < -0.4 is 0 Å². The first-order chi connectivity index (χ1) is 5.81. The molecular formula is C7H6ClN3O. The first-order valence-electron chi connectivity index (χ1n) is 3.41. The highest BCUT2D eigenvalue weighted by Crippen LogP contribution is 2.16. The lowest BCUT2D eigenvalue weighted by Gasteiger charge is -1.90. The van der Waals surface area contributed by atoms with Crippen molar-refractivity contribution in [1.82, 2.24) is 15.2 Å². The van der Waals surface area contributed by atoms with Crippen LogP contribution in [0.4, 0.5) is 0 Å². The molecule has 0 aromatic carbocycles. The van der Waals surface area contributed by atoms with Crippen molar-refractivity contribution in [2.45, 2.75) is 6.61 Å². The molecule has 0 bridgehead atoms. The molecule has 0 fully saturated rings. The number of hydrogen-bond donors (Lipinski definition) is 2. The second-order valence-electron chi connectivity index (χ2n) is 2.37. The Labute approximate surface area is 73.2 Å². The van der Waals surface area contributed by atoms with Gasteiger partial charge in [0.25, 0.3) is 0 Å². The Morgan fingerprint density at radius 1 is 1.50 bits per heavy atom. The Hall–Kier alpha value is -1.13. The minimum atomic E-state index is -0.0696. The third-order valence-corrected chi connectivity index (χ3v) is 1.83. The summed E-state index contributed by atoms with van der Waals surface area (Å²) in [7, 11) is 0. The first-order valence-corrected chi connectivity index (χ1v) is 3.79. The molecule has 0 saturated carbocycles. The van der Waals surface area contributed by atoms with Crippen LogP contribution in [0.3, 0.4) is 0 Å². The van der Waals surface area contributed by atoms with Gasteiger partial charge in [-0.05, 0) is 12.1 Å². The maximum absolute atomic E-state index is 8.86. The molecule has 0 aliphatic carbocycles. The van der Waals surface area contributed by atoms with Crippen LogP contribution in [0, 0.1) is 0 Å². The van der Waals surface area contributed by atoms with Gasteiger partial charge < -0.3 is 5.11 Å². The molecule has 2 heterocycles. The predicted molar refractivity (Wildman–Crippen MR) is 44.8 cm³/mol. The highest BCUT2D eigenvalue weighted by molar-refractivity contribution is 6.29. The minimum Gasteiger partial charge on any atom is -0.390 e. The summed E-state index contributed by atoms with van der Waals surface area (Å²) in [6, 6.07) is 3.44. The SMILES string of the molecule is OCc1[nH]nc2nc(Cl)ccc12. The van der Waals surface area contributed by atoms with Crippen LogP contribution in [0.15, 0.2) is 12.1 Å². The lowest BCUT2D eigenvalue weighted by Crippen LogP contribution is -1.82. The average Bonchev–Trinajstić information content (AvgIpc) is 2.46. The number of hydrogen-bond acceptors (Lipinski definition) is 3. The highest BCUT2D eigenvalue weighted by atomic mass is 35.5. The number of fused-ring (bicyclic) bond motifs is 1. The fraction of sp³-hybridized carbons (Fsp3) is 0.143. The van der Waals surface area contributed by atoms with Crippen LogP contribution in [0.5, 0.6) is 0 Å². The third-order valence-electron chi connectivity index (χ3n) is 1.62. The van der Waals surface area contributed by atoms with Gasteiger partial charge in [-0.15, -0.1) is 0 Å². The van der Waals surface area contributed by atoms with Crippen LogP contribution in [0.2, 0.25) is 5.15 Å². The first kappa shape index (κ1) is 7.52. The summed E-state index contributed by atoms with van der Waals surface area (Å²) in [4.78, 5) is 3.96. The summed E-state index contributed by atoms with van der Waals surface area (Å²) in [6.45, 7) is -0.0696. The smallest absolute Gasteiger partial charge is 0.182 e. The number of pyridine rings is 1. The van der Waals surface area contributed by atoms with E-state index in [1.807, 2.05) is 0 Å². The standard InChI is InChI=1S/C7H6ClN3O/c8-6-2-1-4-5(3-12)10-11-7(4)9-6/h1-2,12H,3H2,(H,9,10,11). The number of nitrogens with one attached hydrogen (secondary N) is 1. The molecule has 2 rings (SSSR count). The highest BCUT2D eigenvalue weighted by Gasteiger charge is 2.04. The molecule has 0 unspecified atom stereocenters. The van der Waals surface area contributed by atoms with Crippen LogP contribution in [0.25, 0.3) is 11.0 Å². The second kappa shape index (κ2) is 2.73. The molecule has 0 aliphatic heterocycles. The summed E-state index contributed by atoms with van der Waals surface area (Å²) in [6.07, 6.45) is 0. The van der Waals surface area contributed by atoms with Gasteiger partial charge in [-0.3, -0.25) is 5.10 Å². The summed E-state index contributed by atoms with van der Waals surface area (Å²) < 4.78 is 0. The van der Waals surface area contributed by atoms with E-state index >= 15 is 0 Å². The van der Waals surface area contributed by atoms with E-state index in [1.54, 1.807) is 12.1 Å². The van der Waals surface area contributed by atoms with Crippen molar-refractivity contribution in [3.8, 4) is 0 Å². The predicted octanol–water partition coefficient (Wildman–Crippen LogP) is 1.10. The Morgan fingerprint density at radius 2 is 2.33 bits per heavy atom. The van der Waals surface area contributed by atoms with E-state index in [9.17, 15) is 0 Å². The van der Waals surface area contributed by atoms with E-state index in [4.69, 9.17) is 16.7 Å². The van der Waals surface area contributed by atoms with Gasteiger partial charge in [0, 0.05) is 5.39 Å². The summed E-state index contributed by atoms with van der Waals surface area (Å²) in [5.41, 5.74) is 1.20. The van der Waals surface area contributed by atoms with E-state index in [1.165, 1.54) is 0 Å². The monoisotopic (exact) mass is 183 g/mol. The van der Waals surface area contributed by atoms with Crippen molar-refractivity contribution in [3.63, 3.8) is 0 Å². The summed E-state index contributed by atoms with van der Waals surface area (Å²) >= 11 is 5.64. The van der Waals surface area contributed by atoms with Crippen molar-refractivity contribution in [3.05, 3.63) is 23.0 Å². The Balaban J connectivity index is 2.73. The average molecular weight is 184 g/mol. The molecule has 12 heavy (non-hydrogen) atoms. The zero-order valence-electron chi connectivity index (χ0n) is 6.08. The summed E-state index contributed by atoms with van der Waals surface area (Å²) in [5.74, 6) is 0. The van der Waals surface area contributed by atoms with Crippen LogP contribution in [0.1, 0.15) is 5.69 Å². The number of aromatic nitrogens is 3. The van der Waals surface area contributed by atoms with Crippen molar-refractivity contribution in [1.29, 1.82) is 0 Å². The van der Waals surface area contributed by atoms with Gasteiger partial charge in [0.05, 0.1) is 12.3 Å². The molecule has 0 aliphatic rings. The van der Waals surface area contributed by atoms with Crippen molar-refractivity contribution in [2.75, 3.05) is 0 Å². The van der Waals surface area contributed by atoms with Crippen molar-refractivity contribution in [2.24, 2.45) is 0 Å². The summed E-state index contributed by atoms with van der Waals surface area (Å²) in [5, 5.41) is 16.6. The van der Waals surface area contributed by atoms with Crippen LogP contribution in [-0.2, 0) is 6.61 Å². The van der Waals surface area contributed by atoms with Gasteiger partial charge in [-0.1, -0.05) is 11.6 Å². The number of aromatic amines is 1. The zero-order chi connectivity index (χ0) is 8.55. The quantitative estimate of drug-likeness (QED) is 0.651. The van der Waals surface area contributed by atoms with Gasteiger partial charge in [-0.25, -0.2) is 4.98 Å². The van der Waals surface area contributed by atoms with Crippen LogP contribution in [-0.4, -0.2) is 20.3 Å². The number of halogens is 1. The van der Waals surface area contributed by atoms with Crippen molar-refractivity contribution < 1.29 is 5.11 Å². The molecule has 0 radical (unpaired) electrons. The zero-order valence-corrected chi connectivity index (χ0v) is 6.84. The molecule has 0 amide bonds. The van der Waals surface area contributed by atoms with Gasteiger partial charge in [0.2, 0.25) is 0 Å². The second-order valence-corrected chi connectivity index (χ2v) is 2.75. The minimum absolute atomic E-state index is 0.0696. The van der Waals surface area contributed by atoms with E-state index in [0.717, 1.165) is 5.39 Å². The largest absolute Gasteiger partial charge is 0.390 e. The lowest BCUT2D eigenvalue weighted by atomic mass is 10.3. The Kier molecular flexibility index (Phi) is 1.71. The third kappa shape index (κ3) is 1.05. The van der Waals surface area contributed by atoms with E-state index < -0.39 is 0 Å². The van der Waals surface area contributed by atoms with E-state index in [2.05, 4.69) is 15.2 Å². The molecule has 0 saturated heterocycles. The van der Waals surface area contributed by atoms with E-state index in [-0.39, 0.29) is 6.61 Å². The fourth-order valence-electron chi connectivity index (χ4n) is 1.05. The molecule has 0 spiro atoms. The van der Waals surface area contributed by atoms with Gasteiger partial charge in [0.15, 0.2) is 5.65 Å². The molecule has 0 atom stereocenters. The van der Waals surface area contributed by atoms with Crippen molar-refractivity contribution >= 4 is 22.6 Å². The van der Waals surface area contributed by atoms with Crippen LogP contribution >= 0.6 is 11.6 Å². The molecule has 2 aromatic rings. The van der Waals surface area contributed by atoms with Gasteiger partial charge in [0.1, 0.15) is 5.15 Å². The lowest BCUT2D eigenvalue weighted by molar-refractivity contribution is 0.278. The van der Waals surface area contributed by atoms with Gasteiger partial charge >= 0.3 is 0 Å². The Morgan fingerprint density at radius 3 is 3.08 bits per heavy atom. The maximum atomic E-state index is 8.86. The number of aliphatic hydroxyl groups is 1. The number of rotatable bonds is 1. The molecule has 2 N–H and O–H groups in total. The maximum Gasteiger partial charge on any atom is 0.182 e. The fourth-order valence-corrected chi connectivity index (χ4v) is 1.19. The molecule has 2 aromatic heterocycles. The number of nitrogens with zero attached hydrogens (tertiary/aromatic N) is 2. The molecular weight excluding hydrogens is 178 g/mol. The van der Waals surface area contributed by atoms with Gasteiger partial charge in [-0.2, -0.15) is 5.10 Å². The molecule has 4 nitrogen and oxygen atoms in total. The normalized spacial score (nSPS) is 10.8. The topological polar surface area (TPSA) is 61.8 Å². The number of aliphatic hydroxyl groups excluding tert-OH is 1. The molecule has 5 heteroatoms.